The fourth-order valence-corrected chi connectivity index (χ4v) is 3.25. The molecule has 0 radical (unpaired) electrons. The summed E-state index contributed by atoms with van der Waals surface area (Å²) < 4.78 is 1.76. The molecule has 4 rings (SSSR count). The molecule has 0 bridgehead atoms. The first-order valence-corrected chi connectivity index (χ1v) is 8.24. The van der Waals surface area contributed by atoms with Crippen molar-refractivity contribution in [2.24, 2.45) is 0 Å². The third-order valence-corrected chi connectivity index (χ3v) is 4.41. The molecule has 3 aromatic rings. The zero-order valence-electron chi connectivity index (χ0n) is 13.6. The molecule has 25 heavy (non-hydrogen) atoms. The van der Waals surface area contributed by atoms with Gasteiger partial charge in [0.25, 0.3) is 11.5 Å². The molecule has 8 nitrogen and oxygen atoms in total. The molecule has 4 heterocycles. The van der Waals surface area contributed by atoms with Gasteiger partial charge in [-0.3, -0.25) is 14.0 Å². The average Bonchev–Trinajstić information content (AvgIpc) is 3.11. The Hall–Kier alpha value is -3.16. The smallest absolute Gasteiger partial charge is 0.290 e. The average molecular weight is 338 g/mol. The minimum Gasteiger partial charge on any atom is -0.350 e. The standard InChI is InChI=1S/C17H18N6O2/c24-16(13-4-1-5-14-18-8-10-23(13)14)21-12-3-2-9-22(11-12)15-17(25)20-7-6-19-15/h1,4-8,10,12H,2-3,9,11H2,(H,20,25)(H,21,24). The van der Waals surface area contributed by atoms with E-state index in [1.165, 1.54) is 6.20 Å². The van der Waals surface area contributed by atoms with Crippen molar-refractivity contribution in [3.8, 4) is 0 Å². The molecule has 1 atom stereocenters. The number of aromatic amines is 1. The molecule has 1 aliphatic heterocycles. The number of H-pyrrole nitrogens is 1. The van der Waals surface area contributed by atoms with Crippen molar-refractivity contribution in [3.05, 3.63) is 59.0 Å². The minimum absolute atomic E-state index is 0.0403. The molecule has 1 aliphatic rings. The van der Waals surface area contributed by atoms with E-state index in [1.807, 2.05) is 17.0 Å². The van der Waals surface area contributed by atoms with E-state index in [-0.39, 0.29) is 17.5 Å². The molecular formula is C17H18N6O2. The van der Waals surface area contributed by atoms with Crippen LogP contribution in [0.4, 0.5) is 5.82 Å². The molecule has 0 saturated carbocycles. The number of hydrogen-bond donors (Lipinski definition) is 2. The lowest BCUT2D eigenvalue weighted by molar-refractivity contribution is 0.0926. The Kier molecular flexibility index (Phi) is 3.93. The lowest BCUT2D eigenvalue weighted by Crippen LogP contribution is -2.49. The molecule has 3 aromatic heterocycles. The van der Waals surface area contributed by atoms with Gasteiger partial charge >= 0.3 is 0 Å². The highest BCUT2D eigenvalue weighted by Gasteiger charge is 2.24. The van der Waals surface area contributed by atoms with Crippen LogP contribution in [0.15, 0.2) is 47.8 Å². The van der Waals surface area contributed by atoms with Crippen LogP contribution in [0.5, 0.6) is 0 Å². The molecule has 128 valence electrons. The molecule has 0 spiro atoms. The number of aromatic nitrogens is 4. The maximum atomic E-state index is 12.7. The molecule has 1 saturated heterocycles. The molecule has 1 unspecified atom stereocenters. The number of amides is 1. The first kappa shape index (κ1) is 15.4. The number of nitrogens with zero attached hydrogens (tertiary/aromatic N) is 4. The summed E-state index contributed by atoms with van der Waals surface area (Å²) in [6, 6.07) is 5.40. The number of pyridine rings is 1. The van der Waals surface area contributed by atoms with Crippen LogP contribution < -0.4 is 15.8 Å². The molecule has 1 fully saturated rings. The van der Waals surface area contributed by atoms with Crippen LogP contribution in [-0.2, 0) is 0 Å². The van der Waals surface area contributed by atoms with Crippen molar-refractivity contribution in [1.29, 1.82) is 0 Å². The Morgan fingerprint density at radius 2 is 2.20 bits per heavy atom. The second-order valence-electron chi connectivity index (χ2n) is 6.07. The topological polar surface area (TPSA) is 95.4 Å². The zero-order chi connectivity index (χ0) is 17.2. The van der Waals surface area contributed by atoms with Crippen molar-refractivity contribution in [2.75, 3.05) is 18.0 Å². The normalized spacial score (nSPS) is 17.6. The van der Waals surface area contributed by atoms with E-state index in [2.05, 4.69) is 20.3 Å². The van der Waals surface area contributed by atoms with E-state index in [1.54, 1.807) is 29.1 Å². The number of nitrogens with one attached hydrogen (secondary N) is 2. The number of piperidine rings is 1. The van der Waals surface area contributed by atoms with Gasteiger partial charge in [0.05, 0.1) is 0 Å². The van der Waals surface area contributed by atoms with Crippen LogP contribution >= 0.6 is 0 Å². The van der Waals surface area contributed by atoms with Gasteiger partial charge in [-0.15, -0.1) is 0 Å². The molecule has 0 aromatic carbocycles. The van der Waals surface area contributed by atoms with Crippen LogP contribution in [0, 0.1) is 0 Å². The summed E-state index contributed by atoms with van der Waals surface area (Å²) in [5.41, 5.74) is 1.07. The number of rotatable bonds is 3. The third-order valence-electron chi connectivity index (χ3n) is 4.41. The Morgan fingerprint density at radius 1 is 1.28 bits per heavy atom. The SMILES string of the molecule is O=C(NC1CCCN(c2ncc[nH]c2=O)C1)c1cccc2nccn12. The van der Waals surface area contributed by atoms with Crippen molar-refractivity contribution in [1.82, 2.24) is 24.7 Å². The van der Waals surface area contributed by atoms with Crippen molar-refractivity contribution >= 4 is 17.4 Å². The summed E-state index contributed by atoms with van der Waals surface area (Å²) in [5.74, 6) is 0.253. The summed E-state index contributed by atoms with van der Waals surface area (Å²) in [5, 5.41) is 3.07. The first-order valence-electron chi connectivity index (χ1n) is 8.24. The van der Waals surface area contributed by atoms with Gasteiger partial charge in [-0.2, -0.15) is 0 Å². The Labute approximate surface area is 143 Å². The summed E-state index contributed by atoms with van der Waals surface area (Å²) in [6.07, 6.45) is 8.27. The zero-order valence-corrected chi connectivity index (χ0v) is 13.6. The van der Waals surface area contributed by atoms with Gasteiger partial charge in [-0.05, 0) is 25.0 Å². The lowest BCUT2D eigenvalue weighted by atomic mass is 10.1. The van der Waals surface area contributed by atoms with E-state index < -0.39 is 0 Å². The highest BCUT2D eigenvalue weighted by Crippen LogP contribution is 2.15. The monoisotopic (exact) mass is 338 g/mol. The number of anilines is 1. The van der Waals surface area contributed by atoms with E-state index in [9.17, 15) is 9.59 Å². The largest absolute Gasteiger partial charge is 0.350 e. The van der Waals surface area contributed by atoms with Crippen LogP contribution in [0.2, 0.25) is 0 Å². The van der Waals surface area contributed by atoms with Gasteiger partial charge < -0.3 is 15.2 Å². The maximum Gasteiger partial charge on any atom is 0.290 e. The highest BCUT2D eigenvalue weighted by atomic mass is 16.2. The van der Waals surface area contributed by atoms with E-state index in [0.29, 0.717) is 18.1 Å². The third kappa shape index (κ3) is 2.98. The number of carbonyl (C=O) groups excluding carboxylic acids is 1. The fraction of sp³-hybridized carbons (Fsp3) is 0.294. The summed E-state index contributed by atoms with van der Waals surface area (Å²) in [4.78, 5) is 37.5. The Balaban J connectivity index is 1.51. The van der Waals surface area contributed by atoms with Crippen LogP contribution in [0.25, 0.3) is 5.65 Å². The second kappa shape index (κ2) is 6.39. The second-order valence-corrected chi connectivity index (χ2v) is 6.07. The van der Waals surface area contributed by atoms with Gasteiger partial charge in [-0.25, -0.2) is 9.97 Å². The predicted molar refractivity (Wildman–Crippen MR) is 92.8 cm³/mol. The summed E-state index contributed by atoms with van der Waals surface area (Å²) in [6.45, 7) is 1.31. The summed E-state index contributed by atoms with van der Waals surface area (Å²) in [7, 11) is 0. The van der Waals surface area contributed by atoms with Crippen molar-refractivity contribution < 1.29 is 4.79 Å². The van der Waals surface area contributed by atoms with Gasteiger partial charge in [0, 0.05) is 43.9 Å². The van der Waals surface area contributed by atoms with Gasteiger partial charge in [0.2, 0.25) is 0 Å². The van der Waals surface area contributed by atoms with Crippen molar-refractivity contribution in [2.45, 2.75) is 18.9 Å². The summed E-state index contributed by atoms with van der Waals surface area (Å²) >= 11 is 0. The van der Waals surface area contributed by atoms with E-state index in [4.69, 9.17) is 0 Å². The maximum absolute atomic E-state index is 12.7. The fourth-order valence-electron chi connectivity index (χ4n) is 3.25. The van der Waals surface area contributed by atoms with Crippen LogP contribution in [-0.4, -0.2) is 44.4 Å². The Morgan fingerprint density at radius 3 is 3.08 bits per heavy atom. The minimum atomic E-state index is -0.211. The molecule has 8 heteroatoms. The van der Waals surface area contributed by atoms with Crippen LogP contribution in [0.1, 0.15) is 23.3 Å². The molecule has 2 N–H and O–H groups in total. The highest BCUT2D eigenvalue weighted by molar-refractivity contribution is 5.93. The van der Waals surface area contributed by atoms with E-state index in [0.717, 1.165) is 25.0 Å². The molecule has 0 aliphatic carbocycles. The first-order chi connectivity index (χ1) is 12.2. The van der Waals surface area contributed by atoms with Gasteiger partial charge in [-0.1, -0.05) is 6.07 Å². The van der Waals surface area contributed by atoms with Crippen molar-refractivity contribution in [3.63, 3.8) is 0 Å². The quantitative estimate of drug-likeness (QED) is 0.737. The predicted octanol–water partition coefficient (Wildman–Crippen LogP) is 0.816. The van der Waals surface area contributed by atoms with Crippen LogP contribution in [0.3, 0.4) is 0 Å². The number of carbonyl (C=O) groups is 1. The lowest BCUT2D eigenvalue weighted by Gasteiger charge is -2.33. The van der Waals surface area contributed by atoms with Gasteiger partial charge in [0.15, 0.2) is 5.82 Å². The van der Waals surface area contributed by atoms with E-state index >= 15 is 0 Å². The molecule has 1 amide bonds. The Bertz CT molecular complexity index is 963. The number of fused-ring (bicyclic) bond motifs is 1. The van der Waals surface area contributed by atoms with Gasteiger partial charge in [0.1, 0.15) is 11.3 Å². The number of imidazole rings is 1. The number of hydrogen-bond acceptors (Lipinski definition) is 5. The molecular weight excluding hydrogens is 320 g/mol.